The van der Waals surface area contributed by atoms with E-state index in [9.17, 15) is 0 Å². The predicted octanol–water partition coefficient (Wildman–Crippen LogP) is 1.66. The van der Waals surface area contributed by atoms with E-state index in [1.807, 2.05) is 17.8 Å². The van der Waals surface area contributed by atoms with Crippen molar-refractivity contribution in [3.8, 4) is 0 Å². The third-order valence-corrected chi connectivity index (χ3v) is 2.63. The highest BCUT2D eigenvalue weighted by Crippen LogP contribution is 1.97. The number of rotatable bonds is 10. The van der Waals surface area contributed by atoms with Crippen molar-refractivity contribution in [2.75, 3.05) is 31.2 Å². The molecule has 0 aliphatic rings. The summed E-state index contributed by atoms with van der Waals surface area (Å²) in [4.78, 5) is 0. The smallest absolute Gasteiger partial charge is 0.0431 e. The highest BCUT2D eigenvalue weighted by Gasteiger charge is 1.89. The lowest BCUT2D eigenvalue weighted by Gasteiger charge is -2.02. The molecule has 13 heavy (non-hydrogen) atoms. The molecule has 0 spiro atoms. The molecule has 3 heteroatoms. The van der Waals surface area contributed by atoms with Crippen molar-refractivity contribution in [1.82, 2.24) is 5.32 Å². The van der Waals surface area contributed by atoms with Gasteiger partial charge in [-0.2, -0.15) is 11.8 Å². The largest absolute Gasteiger partial charge is 0.396 e. The Bertz CT molecular complexity index is 109. The topological polar surface area (TPSA) is 32.3 Å². The van der Waals surface area contributed by atoms with Gasteiger partial charge < -0.3 is 10.4 Å². The second-order valence-electron chi connectivity index (χ2n) is 2.90. The van der Waals surface area contributed by atoms with Crippen LogP contribution in [0.4, 0.5) is 0 Å². The fourth-order valence-electron chi connectivity index (χ4n) is 0.975. The molecule has 0 radical (unpaired) electrons. The lowest BCUT2D eigenvalue weighted by Crippen LogP contribution is -2.18. The van der Waals surface area contributed by atoms with Crippen LogP contribution in [0, 0.1) is 0 Å². The monoisotopic (exact) mass is 203 g/mol. The number of unbranched alkanes of at least 4 members (excludes halogenated alkanes) is 2. The van der Waals surface area contributed by atoms with Crippen molar-refractivity contribution >= 4 is 11.8 Å². The van der Waals surface area contributed by atoms with E-state index >= 15 is 0 Å². The van der Waals surface area contributed by atoms with Gasteiger partial charge in [0.15, 0.2) is 0 Å². The molecule has 78 valence electrons. The van der Waals surface area contributed by atoms with Crippen LogP contribution in [0.2, 0.25) is 0 Å². The number of aliphatic hydroxyl groups is 1. The summed E-state index contributed by atoms with van der Waals surface area (Å²) in [7, 11) is 0. The van der Waals surface area contributed by atoms with Crippen LogP contribution in [-0.2, 0) is 0 Å². The number of hydrogen-bond acceptors (Lipinski definition) is 3. The molecule has 0 atom stereocenters. The minimum atomic E-state index is 0.329. The zero-order valence-corrected chi connectivity index (χ0v) is 9.11. The fraction of sp³-hybridized carbons (Fsp3) is 0.800. The molecule has 0 rings (SSSR count). The second-order valence-corrected chi connectivity index (χ2v) is 4.05. The van der Waals surface area contributed by atoms with E-state index in [2.05, 4.69) is 11.9 Å². The Hall–Kier alpha value is 0.01000. The molecular formula is C10H21NOS. The molecule has 0 heterocycles. The molecule has 0 aliphatic carbocycles. The second kappa shape index (κ2) is 12.0. The van der Waals surface area contributed by atoms with E-state index in [0.29, 0.717) is 6.61 Å². The molecule has 0 amide bonds. The molecule has 0 aromatic heterocycles. The van der Waals surface area contributed by atoms with E-state index < -0.39 is 0 Å². The molecule has 2 nitrogen and oxygen atoms in total. The Kier molecular flexibility index (Phi) is 12.0. The molecule has 0 bridgehead atoms. The van der Waals surface area contributed by atoms with Gasteiger partial charge in [-0.1, -0.05) is 6.08 Å². The third kappa shape index (κ3) is 12.0. The minimum Gasteiger partial charge on any atom is -0.396 e. The molecule has 0 saturated carbocycles. The summed E-state index contributed by atoms with van der Waals surface area (Å²) >= 11 is 1.90. The molecule has 2 N–H and O–H groups in total. The quantitative estimate of drug-likeness (QED) is 0.418. The molecule has 0 aromatic rings. The van der Waals surface area contributed by atoms with Crippen molar-refractivity contribution in [3.05, 3.63) is 12.7 Å². The Balaban J connectivity index is 2.79. The average molecular weight is 203 g/mol. The van der Waals surface area contributed by atoms with Crippen LogP contribution in [0.25, 0.3) is 0 Å². The average Bonchev–Trinajstić information content (AvgIpc) is 2.16. The van der Waals surface area contributed by atoms with Gasteiger partial charge in [0, 0.05) is 24.7 Å². The zero-order chi connectivity index (χ0) is 9.78. The predicted molar refractivity (Wildman–Crippen MR) is 61.3 cm³/mol. The summed E-state index contributed by atoms with van der Waals surface area (Å²) in [5.74, 6) is 2.21. The van der Waals surface area contributed by atoms with E-state index in [4.69, 9.17) is 5.11 Å². The van der Waals surface area contributed by atoms with Gasteiger partial charge in [0.25, 0.3) is 0 Å². The molecule has 0 aliphatic heterocycles. The first kappa shape index (κ1) is 13.0. The summed E-state index contributed by atoms with van der Waals surface area (Å²) in [6, 6.07) is 0. The van der Waals surface area contributed by atoms with Gasteiger partial charge in [-0.25, -0.2) is 0 Å². The maximum atomic E-state index is 8.53. The number of hydrogen-bond donors (Lipinski definition) is 2. The van der Waals surface area contributed by atoms with E-state index in [0.717, 1.165) is 37.4 Å². The lowest BCUT2D eigenvalue weighted by molar-refractivity contribution is 0.283. The highest BCUT2D eigenvalue weighted by molar-refractivity contribution is 7.99. The third-order valence-electron chi connectivity index (χ3n) is 1.67. The van der Waals surface area contributed by atoms with Gasteiger partial charge in [0.05, 0.1) is 0 Å². The van der Waals surface area contributed by atoms with Crippen LogP contribution in [0.15, 0.2) is 12.7 Å². The summed E-state index contributed by atoms with van der Waals surface area (Å²) in [6.45, 7) is 6.15. The van der Waals surface area contributed by atoms with Crippen LogP contribution in [-0.4, -0.2) is 36.3 Å². The summed E-state index contributed by atoms with van der Waals surface area (Å²) in [6.07, 6.45) is 5.18. The Morgan fingerprint density at radius 3 is 2.77 bits per heavy atom. The Labute approximate surface area is 85.8 Å². The van der Waals surface area contributed by atoms with E-state index in [-0.39, 0.29) is 0 Å². The van der Waals surface area contributed by atoms with E-state index in [1.54, 1.807) is 0 Å². The van der Waals surface area contributed by atoms with Gasteiger partial charge >= 0.3 is 0 Å². The first-order chi connectivity index (χ1) is 6.41. The Morgan fingerprint density at radius 1 is 1.23 bits per heavy atom. The minimum absolute atomic E-state index is 0.329. The molecule has 0 aromatic carbocycles. The van der Waals surface area contributed by atoms with Gasteiger partial charge in [-0.05, 0) is 25.8 Å². The molecular weight excluding hydrogens is 182 g/mol. The first-order valence-corrected chi connectivity index (χ1v) is 6.07. The summed E-state index contributed by atoms with van der Waals surface area (Å²) in [5, 5.41) is 11.9. The number of thioether (sulfide) groups is 1. The van der Waals surface area contributed by atoms with Crippen LogP contribution in [0.1, 0.15) is 19.3 Å². The van der Waals surface area contributed by atoms with Crippen molar-refractivity contribution in [3.63, 3.8) is 0 Å². The maximum absolute atomic E-state index is 8.53. The molecule has 0 saturated heterocycles. The van der Waals surface area contributed by atoms with E-state index in [1.165, 1.54) is 6.42 Å². The zero-order valence-electron chi connectivity index (χ0n) is 8.30. The van der Waals surface area contributed by atoms with Crippen molar-refractivity contribution < 1.29 is 5.11 Å². The van der Waals surface area contributed by atoms with Gasteiger partial charge in [0.1, 0.15) is 0 Å². The van der Waals surface area contributed by atoms with Gasteiger partial charge in [0.2, 0.25) is 0 Å². The van der Waals surface area contributed by atoms with Crippen LogP contribution in [0.5, 0.6) is 0 Å². The number of aliphatic hydroxyl groups excluding tert-OH is 1. The van der Waals surface area contributed by atoms with Crippen molar-refractivity contribution in [2.24, 2.45) is 0 Å². The fourth-order valence-corrected chi connectivity index (χ4v) is 1.60. The van der Waals surface area contributed by atoms with Crippen molar-refractivity contribution in [1.29, 1.82) is 0 Å². The van der Waals surface area contributed by atoms with Crippen molar-refractivity contribution in [2.45, 2.75) is 19.3 Å². The Morgan fingerprint density at radius 2 is 2.08 bits per heavy atom. The van der Waals surface area contributed by atoms with Gasteiger partial charge in [-0.15, -0.1) is 6.58 Å². The van der Waals surface area contributed by atoms with Crippen LogP contribution < -0.4 is 5.32 Å². The molecule has 0 unspecified atom stereocenters. The summed E-state index contributed by atoms with van der Waals surface area (Å²) in [5.41, 5.74) is 0. The SMILES string of the molecule is C=CCSCCNCCCCCO. The normalized spacial score (nSPS) is 10.2. The first-order valence-electron chi connectivity index (χ1n) is 4.92. The lowest BCUT2D eigenvalue weighted by atomic mass is 10.2. The maximum Gasteiger partial charge on any atom is 0.0431 e. The summed E-state index contributed by atoms with van der Waals surface area (Å²) < 4.78 is 0. The van der Waals surface area contributed by atoms with Crippen LogP contribution >= 0.6 is 11.8 Å². The van der Waals surface area contributed by atoms with Gasteiger partial charge in [-0.3, -0.25) is 0 Å². The molecule has 0 fully saturated rings. The highest BCUT2D eigenvalue weighted by atomic mass is 32.2. The number of nitrogens with one attached hydrogen (secondary N) is 1. The van der Waals surface area contributed by atoms with Crippen LogP contribution in [0.3, 0.4) is 0 Å². The standard InChI is InChI=1S/C10H21NOS/c1-2-9-13-10-7-11-6-4-3-5-8-12/h2,11-12H,1,3-10H2.